The first kappa shape index (κ1) is 17.2. The van der Waals surface area contributed by atoms with Crippen molar-refractivity contribution in [2.45, 2.75) is 46.3 Å². The Morgan fingerprint density at radius 1 is 1.20 bits per heavy atom. The van der Waals surface area contributed by atoms with Gasteiger partial charge in [0.25, 0.3) is 0 Å². The molecule has 2 unspecified atom stereocenters. The van der Waals surface area contributed by atoms with Crippen LogP contribution in [0.15, 0.2) is 24.3 Å². The van der Waals surface area contributed by atoms with Crippen LogP contribution in [-0.4, -0.2) is 25.9 Å². The Kier molecular flexibility index (Phi) is 7.82. The van der Waals surface area contributed by atoms with E-state index in [1.54, 1.807) is 0 Å². The van der Waals surface area contributed by atoms with Gasteiger partial charge in [-0.25, -0.2) is 0 Å². The summed E-state index contributed by atoms with van der Waals surface area (Å²) in [5, 5.41) is 0. The molecule has 0 aliphatic rings. The van der Waals surface area contributed by atoms with E-state index in [1.807, 2.05) is 0 Å². The summed E-state index contributed by atoms with van der Waals surface area (Å²) in [7, 11) is 0. The Morgan fingerprint density at radius 2 is 1.95 bits per heavy atom. The Balaban J connectivity index is 2.53. The average molecular weight is 279 g/mol. The molecule has 0 aliphatic heterocycles. The Hall–Kier alpha value is -0.900. The van der Waals surface area contributed by atoms with E-state index in [1.165, 1.54) is 5.56 Å². The summed E-state index contributed by atoms with van der Waals surface area (Å²) >= 11 is 0. The van der Waals surface area contributed by atoms with E-state index in [0.29, 0.717) is 19.1 Å². The van der Waals surface area contributed by atoms with Crippen molar-refractivity contribution in [2.75, 3.05) is 19.8 Å². The van der Waals surface area contributed by atoms with Gasteiger partial charge >= 0.3 is 0 Å². The van der Waals surface area contributed by atoms with Crippen molar-refractivity contribution in [3.63, 3.8) is 0 Å². The van der Waals surface area contributed by atoms with E-state index < -0.39 is 0 Å². The number of ether oxygens (including phenoxy) is 2. The lowest BCUT2D eigenvalue weighted by Crippen LogP contribution is -2.30. The van der Waals surface area contributed by atoms with Crippen molar-refractivity contribution in [1.29, 1.82) is 0 Å². The fraction of sp³-hybridized carbons (Fsp3) is 0.647. The van der Waals surface area contributed by atoms with Crippen LogP contribution in [0.4, 0.5) is 0 Å². The maximum Gasteiger partial charge on any atom is 0.0976 e. The summed E-state index contributed by atoms with van der Waals surface area (Å²) in [5.41, 5.74) is 8.58. The molecular weight excluding hydrogens is 250 g/mol. The zero-order valence-electron chi connectivity index (χ0n) is 13.3. The maximum atomic E-state index is 6.20. The highest BCUT2D eigenvalue weighted by atomic mass is 16.5. The molecule has 3 nitrogen and oxygen atoms in total. The fourth-order valence-corrected chi connectivity index (χ4v) is 2.08. The molecular formula is C17H29NO2. The summed E-state index contributed by atoms with van der Waals surface area (Å²) in [6.45, 7) is 10.4. The molecule has 0 saturated heterocycles. The molecule has 0 fully saturated rings. The predicted molar refractivity (Wildman–Crippen MR) is 83.8 cm³/mol. The molecule has 0 saturated carbocycles. The largest absolute Gasteiger partial charge is 0.379 e. The first-order chi connectivity index (χ1) is 9.54. The molecule has 1 aromatic rings. The molecule has 2 N–H and O–H groups in total. The van der Waals surface area contributed by atoms with E-state index in [4.69, 9.17) is 15.2 Å². The van der Waals surface area contributed by atoms with Gasteiger partial charge in [0.1, 0.15) is 0 Å². The highest BCUT2D eigenvalue weighted by molar-refractivity contribution is 5.25. The molecule has 0 amide bonds. The summed E-state index contributed by atoms with van der Waals surface area (Å²) in [6.07, 6.45) is 0.841. The van der Waals surface area contributed by atoms with Gasteiger partial charge in [0.15, 0.2) is 0 Å². The minimum Gasteiger partial charge on any atom is -0.379 e. The average Bonchev–Trinajstić information content (AvgIpc) is 2.41. The van der Waals surface area contributed by atoms with Crippen molar-refractivity contribution in [3.8, 4) is 0 Å². The number of hydrogen-bond donors (Lipinski definition) is 1. The van der Waals surface area contributed by atoms with Crippen LogP contribution in [0.25, 0.3) is 0 Å². The van der Waals surface area contributed by atoms with Gasteiger partial charge in [0, 0.05) is 12.6 Å². The summed E-state index contributed by atoms with van der Waals surface area (Å²) < 4.78 is 11.5. The van der Waals surface area contributed by atoms with E-state index in [2.05, 4.69) is 52.0 Å². The zero-order valence-corrected chi connectivity index (χ0v) is 13.3. The molecule has 3 heteroatoms. The van der Waals surface area contributed by atoms with Gasteiger partial charge in [-0.2, -0.15) is 0 Å². The van der Waals surface area contributed by atoms with Crippen LogP contribution >= 0.6 is 0 Å². The summed E-state index contributed by atoms with van der Waals surface area (Å²) in [4.78, 5) is 0. The maximum absolute atomic E-state index is 6.20. The van der Waals surface area contributed by atoms with E-state index >= 15 is 0 Å². The van der Waals surface area contributed by atoms with Crippen molar-refractivity contribution in [1.82, 2.24) is 0 Å². The lowest BCUT2D eigenvalue weighted by Gasteiger charge is -2.24. The molecule has 0 radical (unpaired) electrons. The molecule has 0 spiro atoms. The topological polar surface area (TPSA) is 44.5 Å². The Morgan fingerprint density at radius 3 is 2.55 bits per heavy atom. The van der Waals surface area contributed by atoms with Crippen LogP contribution in [0.2, 0.25) is 0 Å². The lowest BCUT2D eigenvalue weighted by atomic mass is 9.99. The predicted octanol–water partition coefficient (Wildman–Crippen LogP) is 3.46. The van der Waals surface area contributed by atoms with E-state index in [-0.39, 0.29) is 12.1 Å². The number of hydrogen-bond acceptors (Lipinski definition) is 3. The highest BCUT2D eigenvalue weighted by Gasteiger charge is 2.19. The van der Waals surface area contributed by atoms with Crippen LogP contribution in [-0.2, 0) is 9.47 Å². The van der Waals surface area contributed by atoms with Gasteiger partial charge in [-0.3, -0.25) is 0 Å². The van der Waals surface area contributed by atoms with Gasteiger partial charge in [-0.15, -0.1) is 0 Å². The Labute approximate surface area is 123 Å². The third-order valence-corrected chi connectivity index (χ3v) is 3.21. The minimum absolute atomic E-state index is 0.0156. The first-order valence-corrected chi connectivity index (χ1v) is 7.56. The number of rotatable bonds is 9. The Bertz CT molecular complexity index is 379. The molecule has 1 rings (SSSR count). The molecule has 114 valence electrons. The number of nitrogens with two attached hydrogens (primary N) is 1. The van der Waals surface area contributed by atoms with Crippen LogP contribution in [0.1, 0.15) is 44.4 Å². The van der Waals surface area contributed by atoms with Crippen LogP contribution in [0.3, 0.4) is 0 Å². The van der Waals surface area contributed by atoms with Crippen LogP contribution in [0.5, 0.6) is 0 Å². The van der Waals surface area contributed by atoms with E-state index in [0.717, 1.165) is 18.6 Å². The molecule has 0 aliphatic carbocycles. The molecule has 20 heavy (non-hydrogen) atoms. The molecule has 0 heterocycles. The van der Waals surface area contributed by atoms with Crippen molar-refractivity contribution in [2.24, 2.45) is 11.7 Å². The molecule has 0 aromatic heterocycles. The third-order valence-electron chi connectivity index (χ3n) is 3.21. The van der Waals surface area contributed by atoms with Gasteiger partial charge in [-0.1, -0.05) is 50.6 Å². The second-order valence-electron chi connectivity index (χ2n) is 5.75. The summed E-state index contributed by atoms with van der Waals surface area (Å²) in [6, 6.07) is 8.39. The van der Waals surface area contributed by atoms with Gasteiger partial charge in [-0.05, 0) is 24.8 Å². The molecule has 1 aromatic carbocycles. The normalized spacial score (nSPS) is 14.5. The summed E-state index contributed by atoms with van der Waals surface area (Å²) in [5.74, 6) is 0.556. The standard InChI is InChI=1S/C17H29NO2/c1-5-16(18)17(15-8-6-7-14(4)11-15)20-10-9-19-12-13(2)3/h6-8,11,13,16-17H,5,9-10,12,18H2,1-4H3. The second-order valence-corrected chi connectivity index (χ2v) is 5.75. The smallest absolute Gasteiger partial charge is 0.0976 e. The zero-order chi connectivity index (χ0) is 15.0. The van der Waals surface area contributed by atoms with Gasteiger partial charge < -0.3 is 15.2 Å². The van der Waals surface area contributed by atoms with Crippen molar-refractivity contribution < 1.29 is 9.47 Å². The fourth-order valence-electron chi connectivity index (χ4n) is 2.08. The number of benzene rings is 1. The van der Waals surface area contributed by atoms with Crippen molar-refractivity contribution >= 4 is 0 Å². The van der Waals surface area contributed by atoms with Crippen LogP contribution in [0, 0.1) is 12.8 Å². The molecule has 0 bridgehead atoms. The third kappa shape index (κ3) is 6.04. The quantitative estimate of drug-likeness (QED) is 0.704. The minimum atomic E-state index is -0.0532. The monoisotopic (exact) mass is 279 g/mol. The molecule has 2 atom stereocenters. The second kappa shape index (κ2) is 9.11. The van der Waals surface area contributed by atoms with Crippen molar-refractivity contribution in [3.05, 3.63) is 35.4 Å². The number of aryl methyl sites for hydroxylation is 1. The van der Waals surface area contributed by atoms with Crippen LogP contribution < -0.4 is 5.73 Å². The van der Waals surface area contributed by atoms with E-state index in [9.17, 15) is 0 Å². The lowest BCUT2D eigenvalue weighted by molar-refractivity contribution is -0.0123. The van der Waals surface area contributed by atoms with Gasteiger partial charge in [0.2, 0.25) is 0 Å². The first-order valence-electron chi connectivity index (χ1n) is 7.56. The van der Waals surface area contributed by atoms with Gasteiger partial charge in [0.05, 0.1) is 19.3 Å². The highest BCUT2D eigenvalue weighted by Crippen LogP contribution is 2.22. The SMILES string of the molecule is CCC(N)C(OCCOCC(C)C)c1cccc(C)c1.